The van der Waals surface area contributed by atoms with Crippen molar-refractivity contribution in [1.82, 2.24) is 14.9 Å². The van der Waals surface area contributed by atoms with Crippen LogP contribution in [0.1, 0.15) is 31.5 Å². The van der Waals surface area contributed by atoms with E-state index < -0.39 is 0 Å². The number of ether oxygens (including phenoxy) is 1. The van der Waals surface area contributed by atoms with Gasteiger partial charge in [-0.1, -0.05) is 6.42 Å². The fourth-order valence-electron chi connectivity index (χ4n) is 3.50. The van der Waals surface area contributed by atoms with Crippen LogP contribution in [0.4, 0.5) is 11.6 Å². The van der Waals surface area contributed by atoms with Crippen LogP contribution in [0.5, 0.6) is 0 Å². The molecule has 3 rings (SSSR count). The van der Waals surface area contributed by atoms with Crippen LogP contribution >= 0.6 is 0 Å². The second-order valence-corrected chi connectivity index (χ2v) is 5.88. The van der Waals surface area contributed by atoms with Gasteiger partial charge >= 0.3 is 0 Å². The minimum atomic E-state index is 0.435. The van der Waals surface area contributed by atoms with Gasteiger partial charge in [0.15, 0.2) is 5.82 Å². The summed E-state index contributed by atoms with van der Waals surface area (Å²) in [6.45, 7) is 2.89. The molecule has 0 aromatic carbocycles. The number of piperidine rings is 1. The number of hydrogen-bond donors (Lipinski definition) is 2. The Bertz CT molecular complexity index is 481. The van der Waals surface area contributed by atoms with Crippen molar-refractivity contribution < 1.29 is 4.74 Å². The molecule has 6 nitrogen and oxygen atoms in total. The molecule has 2 N–H and O–H groups in total. The zero-order valence-electron chi connectivity index (χ0n) is 12.9. The highest BCUT2D eigenvalue weighted by Gasteiger charge is 2.35. The quantitative estimate of drug-likeness (QED) is 0.861. The number of anilines is 2. The number of aromatic nitrogens is 2. The molecule has 2 saturated heterocycles. The molecule has 0 amide bonds. The third kappa shape index (κ3) is 3.27. The van der Waals surface area contributed by atoms with Crippen LogP contribution < -0.4 is 10.6 Å². The largest absolute Gasteiger partial charge is 0.377 e. The van der Waals surface area contributed by atoms with E-state index in [1.807, 2.05) is 13.1 Å². The average molecular weight is 291 g/mol. The first kappa shape index (κ1) is 14.5. The smallest absolute Gasteiger partial charge is 0.158 e. The maximum atomic E-state index is 5.15. The monoisotopic (exact) mass is 291 g/mol. The van der Waals surface area contributed by atoms with Crippen LogP contribution in [0.3, 0.4) is 0 Å². The standard InChI is InChI=1S/C15H25N5O/c1-16-13-9-14(19-15(18-13)10-21-2)17-11-6-8-20-7-4-3-5-12(11)20/h9,11-12H,3-8,10H2,1-2H3,(H2,16,17,18,19). The summed E-state index contributed by atoms with van der Waals surface area (Å²) in [5, 5.41) is 6.72. The van der Waals surface area contributed by atoms with Crippen molar-refractivity contribution in [2.24, 2.45) is 0 Å². The van der Waals surface area contributed by atoms with E-state index in [2.05, 4.69) is 25.5 Å². The van der Waals surface area contributed by atoms with Gasteiger partial charge in [0.1, 0.15) is 18.2 Å². The Kier molecular flexibility index (Phi) is 4.55. The SMILES string of the molecule is CNc1cc(NC2CCN3CCCCC23)nc(COC)n1. The normalized spacial score (nSPS) is 25.6. The van der Waals surface area contributed by atoms with Gasteiger partial charge in [-0.05, 0) is 25.8 Å². The summed E-state index contributed by atoms with van der Waals surface area (Å²) < 4.78 is 5.15. The van der Waals surface area contributed by atoms with E-state index in [0.717, 1.165) is 11.6 Å². The highest BCUT2D eigenvalue weighted by atomic mass is 16.5. The van der Waals surface area contributed by atoms with Gasteiger partial charge in [-0.3, -0.25) is 4.90 Å². The summed E-state index contributed by atoms with van der Waals surface area (Å²) in [5.74, 6) is 2.45. The third-order valence-electron chi connectivity index (χ3n) is 4.49. The van der Waals surface area contributed by atoms with Crippen LogP contribution in [-0.2, 0) is 11.3 Å². The van der Waals surface area contributed by atoms with E-state index in [1.54, 1.807) is 7.11 Å². The van der Waals surface area contributed by atoms with E-state index in [0.29, 0.717) is 24.5 Å². The van der Waals surface area contributed by atoms with Gasteiger partial charge in [-0.2, -0.15) is 0 Å². The molecule has 2 atom stereocenters. The van der Waals surface area contributed by atoms with Crippen LogP contribution in [-0.4, -0.2) is 54.2 Å². The molecule has 0 saturated carbocycles. The number of hydrogen-bond acceptors (Lipinski definition) is 6. The zero-order valence-corrected chi connectivity index (χ0v) is 12.9. The average Bonchev–Trinajstić information content (AvgIpc) is 2.91. The van der Waals surface area contributed by atoms with Gasteiger partial charge in [0.05, 0.1) is 0 Å². The first-order valence-corrected chi connectivity index (χ1v) is 7.85. The van der Waals surface area contributed by atoms with Gasteiger partial charge in [0.2, 0.25) is 0 Å². The summed E-state index contributed by atoms with van der Waals surface area (Å²) in [5.41, 5.74) is 0. The molecule has 1 aromatic heterocycles. The van der Waals surface area contributed by atoms with E-state index in [1.165, 1.54) is 38.8 Å². The van der Waals surface area contributed by atoms with Crippen LogP contribution in [0.25, 0.3) is 0 Å². The minimum absolute atomic E-state index is 0.435. The molecule has 0 radical (unpaired) electrons. The highest BCUT2D eigenvalue weighted by molar-refractivity contribution is 5.48. The van der Waals surface area contributed by atoms with Crippen molar-refractivity contribution >= 4 is 11.6 Å². The first-order valence-electron chi connectivity index (χ1n) is 7.85. The number of fused-ring (bicyclic) bond motifs is 1. The topological polar surface area (TPSA) is 62.3 Å². The number of methoxy groups -OCH3 is 1. The summed E-state index contributed by atoms with van der Waals surface area (Å²) in [4.78, 5) is 11.6. The second-order valence-electron chi connectivity index (χ2n) is 5.88. The van der Waals surface area contributed by atoms with Crippen molar-refractivity contribution in [1.29, 1.82) is 0 Å². The lowest BCUT2D eigenvalue weighted by Gasteiger charge is -2.32. The minimum Gasteiger partial charge on any atom is -0.377 e. The molecular formula is C15H25N5O. The highest BCUT2D eigenvalue weighted by Crippen LogP contribution is 2.29. The molecule has 2 unspecified atom stereocenters. The fourth-order valence-corrected chi connectivity index (χ4v) is 3.50. The molecule has 0 spiro atoms. The Morgan fingerprint density at radius 3 is 2.90 bits per heavy atom. The van der Waals surface area contributed by atoms with E-state index in [9.17, 15) is 0 Å². The van der Waals surface area contributed by atoms with Crippen LogP contribution in [0, 0.1) is 0 Å². The predicted octanol–water partition coefficient (Wildman–Crippen LogP) is 1.70. The lowest BCUT2D eigenvalue weighted by atomic mass is 9.99. The molecule has 0 aliphatic carbocycles. The van der Waals surface area contributed by atoms with E-state index in [4.69, 9.17) is 4.74 Å². The number of nitrogens with zero attached hydrogens (tertiary/aromatic N) is 3. The predicted molar refractivity (Wildman–Crippen MR) is 83.5 cm³/mol. The zero-order chi connectivity index (χ0) is 14.7. The van der Waals surface area contributed by atoms with E-state index >= 15 is 0 Å². The molecule has 3 heterocycles. The van der Waals surface area contributed by atoms with Crippen molar-refractivity contribution in [2.75, 3.05) is 37.9 Å². The number of rotatable bonds is 5. The third-order valence-corrected chi connectivity index (χ3v) is 4.49. The summed E-state index contributed by atoms with van der Waals surface area (Å²) >= 11 is 0. The van der Waals surface area contributed by atoms with Gasteiger partial charge < -0.3 is 15.4 Å². The molecule has 2 aliphatic heterocycles. The fraction of sp³-hybridized carbons (Fsp3) is 0.733. The van der Waals surface area contributed by atoms with Crippen molar-refractivity contribution in [2.45, 2.75) is 44.4 Å². The first-order chi connectivity index (χ1) is 10.3. The maximum absolute atomic E-state index is 5.15. The van der Waals surface area contributed by atoms with E-state index in [-0.39, 0.29) is 0 Å². The van der Waals surface area contributed by atoms with Gasteiger partial charge in [-0.25, -0.2) is 9.97 Å². The van der Waals surface area contributed by atoms with Crippen LogP contribution in [0.15, 0.2) is 6.07 Å². The Morgan fingerprint density at radius 1 is 1.24 bits per heavy atom. The van der Waals surface area contributed by atoms with Crippen molar-refractivity contribution in [3.05, 3.63) is 11.9 Å². The molecule has 2 aliphatic rings. The molecule has 6 heteroatoms. The summed E-state index contributed by atoms with van der Waals surface area (Å²) in [7, 11) is 3.54. The summed E-state index contributed by atoms with van der Waals surface area (Å²) in [6.07, 6.45) is 5.19. The van der Waals surface area contributed by atoms with Crippen LogP contribution in [0.2, 0.25) is 0 Å². The molecule has 2 fully saturated rings. The summed E-state index contributed by atoms with van der Waals surface area (Å²) in [6, 6.07) is 3.14. The molecule has 21 heavy (non-hydrogen) atoms. The molecule has 1 aromatic rings. The van der Waals surface area contributed by atoms with Gasteiger partial charge in [0, 0.05) is 38.9 Å². The lowest BCUT2D eigenvalue weighted by Crippen LogP contribution is -2.41. The van der Waals surface area contributed by atoms with Gasteiger partial charge in [0.25, 0.3) is 0 Å². The Balaban J connectivity index is 1.73. The maximum Gasteiger partial charge on any atom is 0.158 e. The van der Waals surface area contributed by atoms with Crippen molar-refractivity contribution in [3.8, 4) is 0 Å². The van der Waals surface area contributed by atoms with Crippen molar-refractivity contribution in [3.63, 3.8) is 0 Å². The Labute approximate surface area is 126 Å². The molecule has 0 bridgehead atoms. The second kappa shape index (κ2) is 6.58. The Hall–Kier alpha value is -1.40. The Morgan fingerprint density at radius 2 is 2.10 bits per heavy atom. The molecular weight excluding hydrogens is 266 g/mol. The lowest BCUT2D eigenvalue weighted by molar-refractivity contribution is 0.178. The number of nitrogens with one attached hydrogen (secondary N) is 2. The van der Waals surface area contributed by atoms with Gasteiger partial charge in [-0.15, -0.1) is 0 Å². The molecule has 116 valence electrons.